The van der Waals surface area contributed by atoms with E-state index in [1.54, 1.807) is 19.1 Å². The summed E-state index contributed by atoms with van der Waals surface area (Å²) in [4.78, 5) is 0.245. The molecule has 5 heteroatoms. The topological polar surface area (TPSA) is 66.4 Å². The molecular weight excluding hydrogens is 262 g/mol. The number of aryl methyl sites for hydroxylation is 1. The Morgan fingerprint density at radius 3 is 2.42 bits per heavy atom. The molecule has 0 amide bonds. The Morgan fingerprint density at radius 2 is 1.89 bits per heavy atom. The molecule has 0 saturated heterocycles. The van der Waals surface area contributed by atoms with Crippen molar-refractivity contribution in [3.05, 3.63) is 29.3 Å². The van der Waals surface area contributed by atoms with E-state index in [1.807, 2.05) is 6.92 Å². The second-order valence-corrected chi connectivity index (χ2v) is 7.07. The third-order valence-corrected chi connectivity index (χ3v) is 5.02. The lowest BCUT2D eigenvalue weighted by Crippen LogP contribution is -2.30. The van der Waals surface area contributed by atoms with Crippen LogP contribution in [0.15, 0.2) is 23.1 Å². The van der Waals surface area contributed by atoms with Crippen LogP contribution in [0.25, 0.3) is 0 Å². The summed E-state index contributed by atoms with van der Waals surface area (Å²) in [6.45, 7) is 8.16. The molecule has 0 aliphatic carbocycles. The fourth-order valence-corrected chi connectivity index (χ4v) is 3.02. The maximum absolute atomic E-state index is 12.3. The number of hydrogen-bond donors (Lipinski definition) is 2. The van der Waals surface area contributed by atoms with Gasteiger partial charge < -0.3 is 5.11 Å². The van der Waals surface area contributed by atoms with Gasteiger partial charge in [0.05, 0.1) is 11.5 Å². The molecule has 1 aromatic carbocycles. The maximum Gasteiger partial charge on any atom is 0.240 e. The normalized spacial score (nSPS) is 13.8. The molecule has 0 fully saturated rings. The minimum Gasteiger partial charge on any atom is -0.392 e. The van der Waals surface area contributed by atoms with Crippen molar-refractivity contribution >= 4 is 10.0 Å². The summed E-state index contributed by atoms with van der Waals surface area (Å²) >= 11 is 0. The van der Waals surface area contributed by atoms with Crippen LogP contribution in [0.4, 0.5) is 0 Å². The SMILES string of the molecule is Cc1ccc(CO)cc1S(=O)(=O)NCC(C)C(C)C. The predicted octanol–water partition coefficient (Wildman–Crippen LogP) is 2.06. The first-order chi connectivity index (χ1) is 8.77. The fourth-order valence-electron chi connectivity index (χ4n) is 1.59. The van der Waals surface area contributed by atoms with Gasteiger partial charge in [-0.2, -0.15) is 0 Å². The Labute approximate surface area is 115 Å². The number of benzene rings is 1. The number of rotatable bonds is 6. The molecule has 108 valence electrons. The third kappa shape index (κ3) is 4.30. The molecule has 0 heterocycles. The van der Waals surface area contributed by atoms with Crippen LogP contribution >= 0.6 is 0 Å². The van der Waals surface area contributed by atoms with Crippen molar-refractivity contribution in [1.82, 2.24) is 4.72 Å². The van der Waals surface area contributed by atoms with Crippen LogP contribution in [-0.2, 0) is 16.6 Å². The van der Waals surface area contributed by atoms with Gasteiger partial charge in [0.15, 0.2) is 0 Å². The molecule has 0 bridgehead atoms. The van der Waals surface area contributed by atoms with Crippen LogP contribution < -0.4 is 4.72 Å². The van der Waals surface area contributed by atoms with Crippen LogP contribution in [0, 0.1) is 18.8 Å². The number of sulfonamides is 1. The van der Waals surface area contributed by atoms with Gasteiger partial charge in [-0.3, -0.25) is 0 Å². The molecule has 1 aromatic rings. The van der Waals surface area contributed by atoms with Crippen LogP contribution in [-0.4, -0.2) is 20.1 Å². The Hall–Kier alpha value is -0.910. The summed E-state index contributed by atoms with van der Waals surface area (Å²) in [7, 11) is -3.51. The highest BCUT2D eigenvalue weighted by Gasteiger charge is 2.18. The summed E-state index contributed by atoms with van der Waals surface area (Å²) in [5, 5.41) is 9.09. The number of aliphatic hydroxyl groups excluding tert-OH is 1. The molecule has 0 spiro atoms. The Bertz CT molecular complexity index is 523. The Kier molecular flexibility index (Phi) is 5.52. The van der Waals surface area contributed by atoms with E-state index in [4.69, 9.17) is 5.11 Å². The summed E-state index contributed by atoms with van der Waals surface area (Å²) in [5.41, 5.74) is 1.28. The first kappa shape index (κ1) is 16.1. The second-order valence-electron chi connectivity index (χ2n) is 5.33. The second kappa shape index (κ2) is 6.50. The first-order valence-electron chi connectivity index (χ1n) is 6.48. The summed E-state index contributed by atoms with van der Waals surface area (Å²) in [5.74, 6) is 0.698. The van der Waals surface area contributed by atoms with Crippen molar-refractivity contribution in [3.8, 4) is 0 Å². The van der Waals surface area contributed by atoms with E-state index in [-0.39, 0.29) is 17.4 Å². The molecule has 2 N–H and O–H groups in total. The molecule has 0 aromatic heterocycles. The molecule has 0 aliphatic rings. The monoisotopic (exact) mass is 285 g/mol. The van der Waals surface area contributed by atoms with Gasteiger partial charge in [-0.15, -0.1) is 0 Å². The minimum atomic E-state index is -3.51. The average Bonchev–Trinajstić information content (AvgIpc) is 2.36. The fraction of sp³-hybridized carbons (Fsp3) is 0.571. The molecule has 1 rings (SSSR count). The molecule has 4 nitrogen and oxygen atoms in total. The van der Waals surface area contributed by atoms with Gasteiger partial charge in [0.25, 0.3) is 0 Å². The molecule has 0 radical (unpaired) electrons. The molecule has 0 aliphatic heterocycles. The zero-order valence-electron chi connectivity index (χ0n) is 12.0. The Morgan fingerprint density at radius 1 is 1.26 bits per heavy atom. The molecular formula is C14H23NO3S. The Balaban J connectivity index is 2.94. The van der Waals surface area contributed by atoms with Crippen molar-refractivity contribution in [2.24, 2.45) is 11.8 Å². The van der Waals surface area contributed by atoms with Gasteiger partial charge in [0.2, 0.25) is 10.0 Å². The van der Waals surface area contributed by atoms with Crippen molar-refractivity contribution < 1.29 is 13.5 Å². The number of hydrogen-bond acceptors (Lipinski definition) is 3. The highest BCUT2D eigenvalue weighted by atomic mass is 32.2. The van der Waals surface area contributed by atoms with E-state index in [0.717, 1.165) is 0 Å². The zero-order chi connectivity index (χ0) is 14.6. The standard InChI is InChI=1S/C14H23NO3S/c1-10(2)12(4)8-15-19(17,18)14-7-13(9-16)6-5-11(14)3/h5-7,10,12,15-16H,8-9H2,1-4H3. The van der Waals surface area contributed by atoms with Gasteiger partial charge >= 0.3 is 0 Å². The van der Waals surface area contributed by atoms with Crippen LogP contribution in [0.3, 0.4) is 0 Å². The van der Waals surface area contributed by atoms with Gasteiger partial charge in [-0.1, -0.05) is 32.9 Å². The molecule has 19 heavy (non-hydrogen) atoms. The summed E-state index contributed by atoms with van der Waals surface area (Å²) in [6, 6.07) is 4.97. The van der Waals surface area contributed by atoms with Gasteiger partial charge in [-0.05, 0) is 36.0 Å². The first-order valence-corrected chi connectivity index (χ1v) is 7.96. The van der Waals surface area contributed by atoms with Crippen molar-refractivity contribution in [2.75, 3.05) is 6.54 Å². The smallest absolute Gasteiger partial charge is 0.240 e. The van der Waals surface area contributed by atoms with E-state index in [2.05, 4.69) is 18.6 Å². The highest BCUT2D eigenvalue weighted by molar-refractivity contribution is 7.89. The van der Waals surface area contributed by atoms with E-state index >= 15 is 0 Å². The summed E-state index contributed by atoms with van der Waals surface area (Å²) in [6.07, 6.45) is 0. The average molecular weight is 285 g/mol. The maximum atomic E-state index is 12.3. The van der Waals surface area contributed by atoms with E-state index in [1.165, 1.54) is 6.07 Å². The van der Waals surface area contributed by atoms with Crippen molar-refractivity contribution in [3.63, 3.8) is 0 Å². The van der Waals surface area contributed by atoms with Crippen molar-refractivity contribution in [1.29, 1.82) is 0 Å². The van der Waals surface area contributed by atoms with Crippen LogP contribution in [0.1, 0.15) is 31.9 Å². The minimum absolute atomic E-state index is 0.162. The van der Waals surface area contributed by atoms with E-state index in [9.17, 15) is 8.42 Å². The predicted molar refractivity (Wildman–Crippen MR) is 76.3 cm³/mol. The largest absolute Gasteiger partial charge is 0.392 e. The van der Waals surface area contributed by atoms with Crippen LogP contribution in [0.2, 0.25) is 0 Å². The van der Waals surface area contributed by atoms with E-state index < -0.39 is 10.0 Å². The number of aliphatic hydroxyl groups is 1. The highest BCUT2D eigenvalue weighted by Crippen LogP contribution is 2.18. The zero-order valence-corrected chi connectivity index (χ0v) is 12.8. The van der Waals surface area contributed by atoms with E-state index in [0.29, 0.717) is 23.6 Å². The lowest BCUT2D eigenvalue weighted by atomic mass is 9.99. The third-order valence-electron chi connectivity index (χ3n) is 3.46. The van der Waals surface area contributed by atoms with Gasteiger partial charge in [0.1, 0.15) is 0 Å². The molecule has 0 saturated carbocycles. The van der Waals surface area contributed by atoms with Gasteiger partial charge in [-0.25, -0.2) is 13.1 Å². The van der Waals surface area contributed by atoms with Crippen molar-refractivity contribution in [2.45, 2.75) is 39.2 Å². The molecule has 1 unspecified atom stereocenters. The van der Waals surface area contributed by atoms with Gasteiger partial charge in [0, 0.05) is 6.54 Å². The van der Waals surface area contributed by atoms with Crippen LogP contribution in [0.5, 0.6) is 0 Å². The quantitative estimate of drug-likeness (QED) is 0.840. The molecule has 1 atom stereocenters. The summed E-state index contributed by atoms with van der Waals surface area (Å²) < 4.78 is 27.2. The lowest BCUT2D eigenvalue weighted by Gasteiger charge is -2.17. The lowest BCUT2D eigenvalue weighted by molar-refractivity contribution is 0.281. The number of nitrogens with one attached hydrogen (secondary N) is 1.